The maximum atomic E-state index is 12.1. The Labute approximate surface area is 109 Å². The highest BCUT2D eigenvalue weighted by Crippen LogP contribution is 2.04. The zero-order valence-electron chi connectivity index (χ0n) is 10.4. The van der Waals surface area contributed by atoms with Gasteiger partial charge in [0.05, 0.1) is 5.39 Å². The summed E-state index contributed by atoms with van der Waals surface area (Å²) >= 11 is 0. The topological polar surface area (TPSA) is 103 Å². The van der Waals surface area contributed by atoms with E-state index in [0.29, 0.717) is 36.7 Å². The Morgan fingerprint density at radius 1 is 1.32 bits per heavy atom. The molecule has 0 aliphatic carbocycles. The summed E-state index contributed by atoms with van der Waals surface area (Å²) in [6.45, 7) is 0.439. The molecule has 7 nitrogen and oxygen atoms in total. The van der Waals surface area contributed by atoms with Gasteiger partial charge in [0, 0.05) is 13.0 Å². The standard InChI is InChI=1S/C12H15N5O2/c13-14-11(18)7-3-4-8-17-12(19)9-5-1-2-6-10(9)15-16-17/h1-2,5-6H,3-4,7-8,13H2,(H,14,18). The van der Waals surface area contributed by atoms with Crippen molar-refractivity contribution < 1.29 is 4.79 Å². The van der Waals surface area contributed by atoms with Gasteiger partial charge in [0.25, 0.3) is 5.56 Å². The predicted octanol–water partition coefficient (Wildman–Crippen LogP) is -0.0483. The number of hydrogen-bond acceptors (Lipinski definition) is 5. The number of nitrogens with zero attached hydrogens (tertiary/aromatic N) is 3. The Kier molecular flexibility index (Phi) is 4.19. The minimum Gasteiger partial charge on any atom is -0.294 e. The Balaban J connectivity index is 2.03. The number of hydrazine groups is 1. The second-order valence-electron chi connectivity index (χ2n) is 4.16. The normalized spacial score (nSPS) is 10.6. The molecular formula is C12H15N5O2. The molecule has 1 amide bonds. The van der Waals surface area contributed by atoms with Crippen molar-refractivity contribution in [3.8, 4) is 0 Å². The first-order chi connectivity index (χ1) is 9.22. The first-order valence-corrected chi connectivity index (χ1v) is 6.04. The molecule has 3 N–H and O–H groups in total. The van der Waals surface area contributed by atoms with Crippen LogP contribution < -0.4 is 16.8 Å². The lowest BCUT2D eigenvalue weighted by Gasteiger charge is -2.04. The van der Waals surface area contributed by atoms with Crippen LogP contribution in [0.25, 0.3) is 10.9 Å². The smallest absolute Gasteiger partial charge is 0.277 e. The summed E-state index contributed by atoms with van der Waals surface area (Å²) in [6, 6.07) is 7.08. The minimum atomic E-state index is -0.211. The van der Waals surface area contributed by atoms with E-state index in [1.54, 1.807) is 18.2 Å². The zero-order chi connectivity index (χ0) is 13.7. The number of unbranched alkanes of at least 4 members (excludes halogenated alkanes) is 1. The third-order valence-electron chi connectivity index (χ3n) is 2.81. The Hall–Kier alpha value is -2.28. The van der Waals surface area contributed by atoms with Gasteiger partial charge in [-0.3, -0.25) is 15.0 Å². The van der Waals surface area contributed by atoms with Crippen LogP contribution in [0.1, 0.15) is 19.3 Å². The van der Waals surface area contributed by atoms with Gasteiger partial charge in [0.15, 0.2) is 0 Å². The van der Waals surface area contributed by atoms with Crippen LogP contribution in [-0.2, 0) is 11.3 Å². The third kappa shape index (κ3) is 3.14. The number of aryl methyl sites for hydroxylation is 1. The number of hydrogen-bond donors (Lipinski definition) is 2. The number of nitrogens with one attached hydrogen (secondary N) is 1. The summed E-state index contributed by atoms with van der Waals surface area (Å²) in [5, 5.41) is 8.41. The number of carbonyl (C=O) groups is 1. The zero-order valence-corrected chi connectivity index (χ0v) is 10.4. The van der Waals surface area contributed by atoms with E-state index in [0.717, 1.165) is 0 Å². The molecule has 2 aromatic rings. The summed E-state index contributed by atoms with van der Waals surface area (Å²) in [7, 11) is 0. The number of nitrogens with two attached hydrogens (primary N) is 1. The lowest BCUT2D eigenvalue weighted by atomic mass is 10.2. The molecule has 0 fully saturated rings. The van der Waals surface area contributed by atoms with Crippen molar-refractivity contribution in [3.63, 3.8) is 0 Å². The van der Waals surface area contributed by atoms with Crippen LogP contribution in [-0.4, -0.2) is 20.9 Å². The second-order valence-corrected chi connectivity index (χ2v) is 4.16. The average molecular weight is 261 g/mol. The third-order valence-corrected chi connectivity index (χ3v) is 2.81. The fraction of sp³-hybridized carbons (Fsp3) is 0.333. The van der Waals surface area contributed by atoms with E-state index >= 15 is 0 Å². The number of aromatic nitrogens is 3. The van der Waals surface area contributed by atoms with Crippen molar-refractivity contribution in [3.05, 3.63) is 34.6 Å². The Morgan fingerprint density at radius 3 is 2.89 bits per heavy atom. The average Bonchev–Trinajstić information content (AvgIpc) is 2.45. The fourth-order valence-corrected chi connectivity index (χ4v) is 1.79. The summed E-state index contributed by atoms with van der Waals surface area (Å²) in [6.07, 6.45) is 1.65. The first kappa shape index (κ1) is 13.2. The molecule has 1 aromatic carbocycles. The number of rotatable bonds is 5. The molecule has 0 unspecified atom stereocenters. The van der Waals surface area contributed by atoms with Crippen LogP contribution in [0, 0.1) is 0 Å². The van der Waals surface area contributed by atoms with E-state index in [9.17, 15) is 9.59 Å². The monoisotopic (exact) mass is 261 g/mol. The van der Waals surface area contributed by atoms with Gasteiger partial charge in [-0.25, -0.2) is 10.5 Å². The number of amides is 1. The molecule has 1 aromatic heterocycles. The van der Waals surface area contributed by atoms with E-state index in [4.69, 9.17) is 5.84 Å². The van der Waals surface area contributed by atoms with E-state index in [2.05, 4.69) is 15.7 Å². The molecule has 100 valence electrons. The fourth-order valence-electron chi connectivity index (χ4n) is 1.79. The van der Waals surface area contributed by atoms with Gasteiger partial charge in [0.2, 0.25) is 5.91 Å². The molecule has 2 rings (SSSR count). The van der Waals surface area contributed by atoms with Crippen LogP contribution in [0.3, 0.4) is 0 Å². The van der Waals surface area contributed by atoms with Crippen LogP contribution in [0.15, 0.2) is 29.1 Å². The van der Waals surface area contributed by atoms with Crippen LogP contribution in [0.5, 0.6) is 0 Å². The number of benzene rings is 1. The van der Waals surface area contributed by atoms with Crippen LogP contribution >= 0.6 is 0 Å². The van der Waals surface area contributed by atoms with Crippen molar-refractivity contribution >= 4 is 16.8 Å². The lowest BCUT2D eigenvalue weighted by molar-refractivity contribution is -0.121. The van der Waals surface area contributed by atoms with Crippen LogP contribution in [0.2, 0.25) is 0 Å². The molecule has 0 atom stereocenters. The maximum absolute atomic E-state index is 12.1. The molecular weight excluding hydrogens is 246 g/mol. The van der Waals surface area contributed by atoms with E-state index in [1.807, 2.05) is 6.07 Å². The van der Waals surface area contributed by atoms with Crippen molar-refractivity contribution in [1.82, 2.24) is 20.4 Å². The van der Waals surface area contributed by atoms with Crippen LogP contribution in [0.4, 0.5) is 0 Å². The molecule has 1 heterocycles. The molecule has 7 heteroatoms. The van der Waals surface area contributed by atoms with Gasteiger partial charge in [-0.1, -0.05) is 17.3 Å². The molecule has 0 spiro atoms. The highest BCUT2D eigenvalue weighted by Gasteiger charge is 2.05. The molecule has 0 bridgehead atoms. The lowest BCUT2D eigenvalue weighted by Crippen LogP contribution is -2.29. The van der Waals surface area contributed by atoms with E-state index in [-0.39, 0.29) is 11.5 Å². The molecule has 0 aliphatic heterocycles. The Morgan fingerprint density at radius 2 is 2.11 bits per heavy atom. The quantitative estimate of drug-likeness (QED) is 0.340. The van der Waals surface area contributed by atoms with Gasteiger partial charge in [-0.2, -0.15) is 0 Å². The first-order valence-electron chi connectivity index (χ1n) is 6.04. The summed E-state index contributed by atoms with van der Waals surface area (Å²) < 4.78 is 1.32. The highest BCUT2D eigenvalue weighted by molar-refractivity contribution is 5.76. The predicted molar refractivity (Wildman–Crippen MR) is 70.0 cm³/mol. The highest BCUT2D eigenvalue weighted by atomic mass is 16.2. The van der Waals surface area contributed by atoms with Gasteiger partial charge in [-0.05, 0) is 25.0 Å². The maximum Gasteiger partial charge on any atom is 0.277 e. The summed E-state index contributed by atoms with van der Waals surface area (Å²) in [4.78, 5) is 23.0. The van der Waals surface area contributed by atoms with Crippen molar-refractivity contribution in [2.24, 2.45) is 5.84 Å². The van der Waals surface area contributed by atoms with Crippen molar-refractivity contribution in [2.45, 2.75) is 25.8 Å². The Bertz CT molecular complexity index is 637. The number of fused-ring (bicyclic) bond motifs is 1. The number of carbonyl (C=O) groups excluding carboxylic acids is 1. The van der Waals surface area contributed by atoms with Gasteiger partial charge in [-0.15, -0.1) is 5.10 Å². The molecule has 0 saturated heterocycles. The molecule has 0 saturated carbocycles. The van der Waals surface area contributed by atoms with E-state index < -0.39 is 0 Å². The SMILES string of the molecule is NNC(=O)CCCCn1nnc2ccccc2c1=O. The van der Waals surface area contributed by atoms with Gasteiger partial charge in [0.1, 0.15) is 5.52 Å². The van der Waals surface area contributed by atoms with Crippen molar-refractivity contribution in [2.75, 3.05) is 0 Å². The van der Waals surface area contributed by atoms with Gasteiger partial charge >= 0.3 is 0 Å². The second kappa shape index (κ2) is 6.05. The minimum absolute atomic E-state index is 0.158. The molecule has 0 aliphatic rings. The van der Waals surface area contributed by atoms with Crippen molar-refractivity contribution in [1.29, 1.82) is 0 Å². The molecule has 19 heavy (non-hydrogen) atoms. The summed E-state index contributed by atoms with van der Waals surface area (Å²) in [5.74, 6) is 4.76. The van der Waals surface area contributed by atoms with E-state index in [1.165, 1.54) is 4.68 Å². The van der Waals surface area contributed by atoms with Gasteiger partial charge < -0.3 is 0 Å². The summed E-state index contributed by atoms with van der Waals surface area (Å²) in [5.41, 5.74) is 2.49. The molecule has 0 radical (unpaired) electrons. The largest absolute Gasteiger partial charge is 0.294 e.